The number of fused-ring (bicyclic) bond motifs is 1. The van der Waals surface area contributed by atoms with Crippen molar-refractivity contribution in [2.24, 2.45) is 0 Å². The van der Waals surface area contributed by atoms with E-state index < -0.39 is 6.10 Å². The van der Waals surface area contributed by atoms with Crippen molar-refractivity contribution in [3.63, 3.8) is 0 Å². The average Bonchev–Trinajstić information content (AvgIpc) is 2.78. The Morgan fingerprint density at radius 3 is 2.69 bits per heavy atom. The Hall–Kier alpha value is -2.50. The molecule has 4 rings (SSSR count). The average molecular weight is 455 g/mol. The summed E-state index contributed by atoms with van der Waals surface area (Å²) in [6.07, 6.45) is 1.15. The van der Waals surface area contributed by atoms with Crippen molar-refractivity contribution in [2.75, 3.05) is 13.7 Å². The first kappa shape index (κ1) is 19.8. The van der Waals surface area contributed by atoms with Gasteiger partial charge in [0.05, 0.1) is 18.2 Å². The number of aliphatic hydroxyl groups excluding tert-OH is 1. The van der Waals surface area contributed by atoms with Crippen LogP contribution in [0.4, 0.5) is 0 Å². The summed E-state index contributed by atoms with van der Waals surface area (Å²) in [6, 6.07) is 19.5. The van der Waals surface area contributed by atoms with Gasteiger partial charge >= 0.3 is 0 Å². The van der Waals surface area contributed by atoms with Crippen LogP contribution in [0.2, 0.25) is 0 Å². The van der Waals surface area contributed by atoms with E-state index in [2.05, 4.69) is 15.9 Å². The standard InChI is InChI=1S/C24H23BrO4/c1-27-22-14-23(29-15-16-6-3-2-4-7-16)20(25)13-19(22)24(26)18-9-10-21-17(12-18)8-5-11-28-21/h2-4,6-7,9-10,12-14,24,26H,5,8,11,15H2,1H3. The van der Waals surface area contributed by atoms with Gasteiger partial charge in [-0.2, -0.15) is 0 Å². The van der Waals surface area contributed by atoms with Gasteiger partial charge in [-0.3, -0.25) is 0 Å². The molecule has 1 heterocycles. The van der Waals surface area contributed by atoms with Gasteiger partial charge in [-0.15, -0.1) is 0 Å². The third-order valence-corrected chi connectivity index (χ3v) is 5.68. The largest absolute Gasteiger partial charge is 0.496 e. The third-order valence-electron chi connectivity index (χ3n) is 5.06. The highest BCUT2D eigenvalue weighted by atomic mass is 79.9. The molecular weight excluding hydrogens is 432 g/mol. The molecule has 0 aromatic heterocycles. The minimum Gasteiger partial charge on any atom is -0.496 e. The fourth-order valence-electron chi connectivity index (χ4n) is 3.52. The molecule has 1 N–H and O–H groups in total. The number of benzene rings is 3. The van der Waals surface area contributed by atoms with Crippen molar-refractivity contribution in [1.29, 1.82) is 0 Å². The number of rotatable bonds is 6. The maximum Gasteiger partial charge on any atom is 0.137 e. The highest BCUT2D eigenvalue weighted by molar-refractivity contribution is 9.10. The highest BCUT2D eigenvalue weighted by Gasteiger charge is 2.21. The van der Waals surface area contributed by atoms with Crippen LogP contribution in [-0.4, -0.2) is 18.8 Å². The molecule has 0 radical (unpaired) electrons. The summed E-state index contributed by atoms with van der Waals surface area (Å²) < 4.78 is 18.0. The first-order chi connectivity index (χ1) is 14.2. The lowest BCUT2D eigenvalue weighted by Gasteiger charge is -2.21. The van der Waals surface area contributed by atoms with Gasteiger partial charge in [-0.25, -0.2) is 0 Å². The van der Waals surface area contributed by atoms with Gasteiger partial charge in [-0.05, 0) is 63.7 Å². The van der Waals surface area contributed by atoms with Crippen LogP contribution in [-0.2, 0) is 13.0 Å². The summed E-state index contributed by atoms with van der Waals surface area (Å²) in [4.78, 5) is 0. The Balaban J connectivity index is 1.59. The van der Waals surface area contributed by atoms with E-state index in [1.165, 1.54) is 0 Å². The molecule has 1 aliphatic heterocycles. The van der Waals surface area contributed by atoms with Crippen molar-refractivity contribution in [2.45, 2.75) is 25.6 Å². The van der Waals surface area contributed by atoms with Gasteiger partial charge in [0.2, 0.25) is 0 Å². The smallest absolute Gasteiger partial charge is 0.137 e. The lowest BCUT2D eigenvalue weighted by molar-refractivity contribution is 0.213. The molecule has 5 heteroatoms. The van der Waals surface area contributed by atoms with Crippen LogP contribution in [0.5, 0.6) is 17.2 Å². The molecule has 29 heavy (non-hydrogen) atoms. The maximum absolute atomic E-state index is 11.0. The predicted octanol–water partition coefficient (Wildman–Crippen LogP) is 5.44. The molecule has 3 aromatic rings. The monoisotopic (exact) mass is 454 g/mol. The van der Waals surface area contributed by atoms with Crippen LogP contribution in [0.15, 0.2) is 65.1 Å². The van der Waals surface area contributed by atoms with E-state index in [4.69, 9.17) is 14.2 Å². The Morgan fingerprint density at radius 2 is 1.90 bits per heavy atom. The second kappa shape index (κ2) is 8.89. The predicted molar refractivity (Wildman–Crippen MR) is 116 cm³/mol. The molecule has 0 spiro atoms. The zero-order valence-electron chi connectivity index (χ0n) is 16.2. The Kier molecular flexibility index (Phi) is 6.07. The molecule has 1 atom stereocenters. The number of methoxy groups -OCH3 is 1. The Morgan fingerprint density at radius 1 is 1.07 bits per heavy atom. The van der Waals surface area contributed by atoms with E-state index in [1.807, 2.05) is 60.7 Å². The molecule has 1 aliphatic rings. The van der Waals surface area contributed by atoms with Gasteiger partial charge in [0.1, 0.15) is 30.0 Å². The Bertz CT molecular complexity index is 988. The van der Waals surface area contributed by atoms with Gasteiger partial charge in [0.25, 0.3) is 0 Å². The van der Waals surface area contributed by atoms with E-state index in [-0.39, 0.29) is 0 Å². The lowest BCUT2D eigenvalue weighted by Crippen LogP contribution is -2.10. The zero-order valence-corrected chi connectivity index (χ0v) is 17.8. The zero-order chi connectivity index (χ0) is 20.2. The summed E-state index contributed by atoms with van der Waals surface area (Å²) in [7, 11) is 1.60. The number of aliphatic hydroxyl groups is 1. The quantitative estimate of drug-likeness (QED) is 0.538. The molecule has 150 valence electrons. The molecule has 4 nitrogen and oxygen atoms in total. The summed E-state index contributed by atoms with van der Waals surface area (Å²) in [5.74, 6) is 2.16. The van der Waals surface area contributed by atoms with E-state index >= 15 is 0 Å². The molecule has 0 saturated carbocycles. The molecule has 1 unspecified atom stereocenters. The van der Waals surface area contributed by atoms with E-state index in [0.29, 0.717) is 23.7 Å². The van der Waals surface area contributed by atoms with Crippen molar-refractivity contribution in [3.05, 3.63) is 87.4 Å². The fourth-order valence-corrected chi connectivity index (χ4v) is 3.99. The number of hydrogen-bond donors (Lipinski definition) is 1. The van der Waals surface area contributed by atoms with Crippen molar-refractivity contribution < 1.29 is 19.3 Å². The topological polar surface area (TPSA) is 47.9 Å². The van der Waals surface area contributed by atoms with Crippen LogP contribution in [0, 0.1) is 0 Å². The fraction of sp³-hybridized carbons (Fsp3) is 0.250. The first-order valence-electron chi connectivity index (χ1n) is 9.63. The SMILES string of the molecule is COc1cc(OCc2ccccc2)c(Br)cc1C(O)c1ccc2c(c1)CCCO2. The van der Waals surface area contributed by atoms with Crippen LogP contribution < -0.4 is 14.2 Å². The maximum atomic E-state index is 11.0. The summed E-state index contributed by atoms with van der Waals surface area (Å²) >= 11 is 3.57. The summed E-state index contributed by atoms with van der Waals surface area (Å²) in [6.45, 7) is 1.20. The van der Waals surface area contributed by atoms with E-state index in [1.54, 1.807) is 7.11 Å². The van der Waals surface area contributed by atoms with Gasteiger partial charge in [-0.1, -0.05) is 36.4 Å². The van der Waals surface area contributed by atoms with Gasteiger partial charge in [0, 0.05) is 11.6 Å². The lowest BCUT2D eigenvalue weighted by atomic mass is 9.96. The molecule has 0 bridgehead atoms. The number of halogens is 1. The Labute approximate surface area is 179 Å². The van der Waals surface area contributed by atoms with Crippen LogP contribution in [0.1, 0.15) is 34.8 Å². The molecular formula is C24H23BrO4. The molecule has 0 amide bonds. The number of ether oxygens (including phenoxy) is 3. The van der Waals surface area contributed by atoms with Crippen LogP contribution in [0.25, 0.3) is 0 Å². The third kappa shape index (κ3) is 4.41. The minimum atomic E-state index is -0.809. The van der Waals surface area contributed by atoms with Gasteiger partial charge in [0.15, 0.2) is 0 Å². The second-order valence-electron chi connectivity index (χ2n) is 7.02. The summed E-state index contributed by atoms with van der Waals surface area (Å²) in [5.41, 5.74) is 3.72. The number of hydrogen-bond acceptors (Lipinski definition) is 4. The van der Waals surface area contributed by atoms with E-state index in [0.717, 1.165) is 46.4 Å². The highest BCUT2D eigenvalue weighted by Crippen LogP contribution is 2.39. The van der Waals surface area contributed by atoms with Crippen LogP contribution >= 0.6 is 15.9 Å². The van der Waals surface area contributed by atoms with Crippen molar-refractivity contribution in [3.8, 4) is 17.2 Å². The molecule has 0 saturated heterocycles. The summed E-state index contributed by atoms with van der Waals surface area (Å²) in [5, 5.41) is 11.0. The number of aryl methyl sites for hydroxylation is 1. The van der Waals surface area contributed by atoms with Crippen molar-refractivity contribution in [1.82, 2.24) is 0 Å². The minimum absolute atomic E-state index is 0.454. The van der Waals surface area contributed by atoms with Crippen molar-refractivity contribution >= 4 is 15.9 Å². The molecule has 3 aromatic carbocycles. The van der Waals surface area contributed by atoms with E-state index in [9.17, 15) is 5.11 Å². The molecule has 0 aliphatic carbocycles. The van der Waals surface area contributed by atoms with Crippen LogP contribution in [0.3, 0.4) is 0 Å². The van der Waals surface area contributed by atoms with Gasteiger partial charge < -0.3 is 19.3 Å². The first-order valence-corrected chi connectivity index (χ1v) is 10.4. The molecule has 0 fully saturated rings. The second-order valence-corrected chi connectivity index (χ2v) is 7.87. The normalized spacial score (nSPS) is 13.9.